The Labute approximate surface area is 127 Å². The van der Waals surface area contributed by atoms with Gasteiger partial charge in [-0.15, -0.1) is 0 Å². The summed E-state index contributed by atoms with van der Waals surface area (Å²) in [5.41, 5.74) is 7.81. The number of carbonyl (C=O) groups is 1. The van der Waals surface area contributed by atoms with Crippen molar-refractivity contribution in [2.45, 2.75) is 18.5 Å². The molecule has 2 atom stereocenters. The van der Waals surface area contributed by atoms with E-state index in [2.05, 4.69) is 21.2 Å². The molecule has 1 aromatic carbocycles. The molecule has 1 fully saturated rings. The second-order valence-corrected chi connectivity index (χ2v) is 5.29. The van der Waals surface area contributed by atoms with Crippen molar-refractivity contribution in [1.82, 2.24) is 15.8 Å². The van der Waals surface area contributed by atoms with Gasteiger partial charge in [-0.2, -0.15) is 0 Å². The summed E-state index contributed by atoms with van der Waals surface area (Å²) in [6.07, 6.45) is 3.92. The third-order valence-corrected chi connectivity index (χ3v) is 3.77. The van der Waals surface area contributed by atoms with E-state index in [-0.39, 0.29) is 18.0 Å². The Kier molecular flexibility index (Phi) is 4.15. The molecule has 1 amide bonds. The monoisotopic (exact) mass is 302 g/mol. The van der Waals surface area contributed by atoms with Crippen molar-refractivity contribution >= 4 is 23.2 Å². The van der Waals surface area contributed by atoms with Gasteiger partial charge in [0, 0.05) is 17.3 Å². The Bertz CT molecular complexity index is 635. The molecule has 0 aliphatic carbocycles. The summed E-state index contributed by atoms with van der Waals surface area (Å²) >= 11 is 6.18. The maximum atomic E-state index is 12.2. The first-order valence-electron chi connectivity index (χ1n) is 6.70. The van der Waals surface area contributed by atoms with Gasteiger partial charge in [0.05, 0.1) is 11.9 Å². The molecule has 2 unspecified atom stereocenters. The van der Waals surface area contributed by atoms with Crippen molar-refractivity contribution in [1.29, 1.82) is 0 Å². The van der Waals surface area contributed by atoms with Crippen LogP contribution >= 0.6 is 11.6 Å². The normalized spacial score (nSPS) is 21.2. The van der Waals surface area contributed by atoms with Gasteiger partial charge >= 0.3 is 0 Å². The third kappa shape index (κ3) is 3.21. The second-order valence-electron chi connectivity index (χ2n) is 4.88. The van der Waals surface area contributed by atoms with Crippen molar-refractivity contribution in [2.24, 2.45) is 0 Å². The quantitative estimate of drug-likeness (QED) is 0.814. The summed E-state index contributed by atoms with van der Waals surface area (Å²) in [6, 6.07) is 10.9. The number of hydrogen-bond acceptors (Lipinski definition) is 4. The standard InChI is InChI=1S/C15H15ClN4O/c16-12-6-2-1-5-11(12)13-8-14(20-19-13)15(21)18-10-4-3-7-17-9-10/h1-7,9,13-14,19-20H,8H2,(H,18,21). The fourth-order valence-electron chi connectivity index (χ4n) is 2.36. The first-order chi connectivity index (χ1) is 10.2. The van der Waals surface area contributed by atoms with Gasteiger partial charge in [-0.1, -0.05) is 29.8 Å². The molecule has 6 heteroatoms. The van der Waals surface area contributed by atoms with Crippen LogP contribution in [0.25, 0.3) is 0 Å². The highest BCUT2D eigenvalue weighted by Gasteiger charge is 2.31. The van der Waals surface area contributed by atoms with Gasteiger partial charge in [0.25, 0.3) is 0 Å². The zero-order valence-corrected chi connectivity index (χ0v) is 12.0. The van der Waals surface area contributed by atoms with Crippen LogP contribution < -0.4 is 16.2 Å². The first kappa shape index (κ1) is 14.0. The molecule has 108 valence electrons. The average Bonchev–Trinajstić information content (AvgIpc) is 2.98. The highest BCUT2D eigenvalue weighted by atomic mass is 35.5. The van der Waals surface area contributed by atoms with Crippen molar-refractivity contribution in [3.63, 3.8) is 0 Å². The fourth-order valence-corrected chi connectivity index (χ4v) is 2.62. The minimum Gasteiger partial charge on any atom is -0.323 e. The van der Waals surface area contributed by atoms with Crippen molar-refractivity contribution < 1.29 is 4.79 Å². The van der Waals surface area contributed by atoms with E-state index >= 15 is 0 Å². The van der Waals surface area contributed by atoms with Gasteiger partial charge in [0.15, 0.2) is 0 Å². The molecule has 1 aliphatic heterocycles. The van der Waals surface area contributed by atoms with E-state index in [1.165, 1.54) is 0 Å². The van der Waals surface area contributed by atoms with Gasteiger partial charge in [-0.3, -0.25) is 9.78 Å². The van der Waals surface area contributed by atoms with Gasteiger partial charge in [-0.05, 0) is 30.2 Å². The number of amides is 1. The lowest BCUT2D eigenvalue weighted by Crippen LogP contribution is -2.39. The van der Waals surface area contributed by atoms with Crippen LogP contribution in [0.3, 0.4) is 0 Å². The predicted molar refractivity (Wildman–Crippen MR) is 81.7 cm³/mol. The maximum Gasteiger partial charge on any atom is 0.242 e. The molecule has 2 aromatic rings. The van der Waals surface area contributed by atoms with Gasteiger partial charge in [0.2, 0.25) is 5.91 Å². The van der Waals surface area contributed by atoms with E-state index in [1.54, 1.807) is 24.5 Å². The molecular formula is C15H15ClN4O. The lowest BCUT2D eigenvalue weighted by molar-refractivity contribution is -0.117. The van der Waals surface area contributed by atoms with E-state index in [1.807, 2.05) is 24.3 Å². The number of nitrogens with one attached hydrogen (secondary N) is 3. The largest absolute Gasteiger partial charge is 0.323 e. The fraction of sp³-hybridized carbons (Fsp3) is 0.200. The summed E-state index contributed by atoms with van der Waals surface area (Å²) in [6.45, 7) is 0. The number of aromatic nitrogens is 1. The maximum absolute atomic E-state index is 12.2. The van der Waals surface area contributed by atoms with Gasteiger partial charge < -0.3 is 5.32 Å². The Morgan fingerprint density at radius 1 is 1.24 bits per heavy atom. The molecular weight excluding hydrogens is 288 g/mol. The minimum atomic E-state index is -0.313. The van der Waals surface area contributed by atoms with E-state index in [9.17, 15) is 4.79 Å². The topological polar surface area (TPSA) is 66.0 Å². The van der Waals surface area contributed by atoms with E-state index in [0.717, 1.165) is 5.56 Å². The average molecular weight is 303 g/mol. The number of rotatable bonds is 3. The lowest BCUT2D eigenvalue weighted by Gasteiger charge is -2.11. The smallest absolute Gasteiger partial charge is 0.242 e. The number of anilines is 1. The molecule has 1 aromatic heterocycles. The summed E-state index contributed by atoms with van der Waals surface area (Å²) in [4.78, 5) is 16.2. The predicted octanol–water partition coefficient (Wildman–Crippen LogP) is 2.28. The van der Waals surface area contributed by atoms with E-state index in [4.69, 9.17) is 11.6 Å². The Morgan fingerprint density at radius 3 is 2.86 bits per heavy atom. The number of halogens is 1. The Hall–Kier alpha value is -1.95. The molecule has 5 nitrogen and oxygen atoms in total. The van der Waals surface area contributed by atoms with E-state index in [0.29, 0.717) is 17.1 Å². The zero-order valence-electron chi connectivity index (χ0n) is 11.2. The Balaban J connectivity index is 1.64. The Morgan fingerprint density at radius 2 is 2.10 bits per heavy atom. The van der Waals surface area contributed by atoms with Crippen LogP contribution in [-0.4, -0.2) is 16.9 Å². The van der Waals surface area contributed by atoms with Crippen LogP contribution in [0.2, 0.25) is 5.02 Å². The SMILES string of the molecule is O=C(Nc1cccnc1)C1CC(c2ccccc2Cl)NN1. The van der Waals surface area contributed by atoms with Crippen molar-refractivity contribution in [2.75, 3.05) is 5.32 Å². The molecule has 0 bridgehead atoms. The molecule has 0 radical (unpaired) electrons. The lowest BCUT2D eigenvalue weighted by atomic mass is 10.0. The molecule has 0 spiro atoms. The number of hydrogen-bond donors (Lipinski definition) is 3. The first-order valence-corrected chi connectivity index (χ1v) is 7.08. The van der Waals surface area contributed by atoms with Crippen LogP contribution in [-0.2, 0) is 4.79 Å². The van der Waals surface area contributed by atoms with E-state index < -0.39 is 0 Å². The summed E-state index contributed by atoms with van der Waals surface area (Å²) < 4.78 is 0. The van der Waals surface area contributed by atoms with Crippen molar-refractivity contribution in [3.05, 3.63) is 59.4 Å². The molecule has 2 heterocycles. The highest BCUT2D eigenvalue weighted by molar-refractivity contribution is 6.31. The molecule has 1 aliphatic rings. The van der Waals surface area contributed by atoms with Gasteiger partial charge in [0.1, 0.15) is 6.04 Å². The number of carbonyl (C=O) groups excluding carboxylic acids is 1. The third-order valence-electron chi connectivity index (χ3n) is 3.43. The zero-order chi connectivity index (χ0) is 14.7. The van der Waals surface area contributed by atoms with Crippen molar-refractivity contribution in [3.8, 4) is 0 Å². The number of nitrogens with zero attached hydrogens (tertiary/aromatic N) is 1. The summed E-state index contributed by atoms with van der Waals surface area (Å²) in [7, 11) is 0. The molecule has 0 saturated carbocycles. The van der Waals surface area contributed by atoms with Crippen LogP contribution in [0.1, 0.15) is 18.0 Å². The van der Waals surface area contributed by atoms with Gasteiger partial charge in [-0.25, -0.2) is 10.9 Å². The summed E-state index contributed by atoms with van der Waals surface area (Å²) in [5.74, 6) is -0.0925. The van der Waals surface area contributed by atoms with Crippen LogP contribution in [0.4, 0.5) is 5.69 Å². The number of hydrazine groups is 1. The van der Waals surface area contributed by atoms with Crippen LogP contribution in [0.5, 0.6) is 0 Å². The molecule has 3 rings (SSSR count). The molecule has 21 heavy (non-hydrogen) atoms. The van der Waals surface area contributed by atoms with Crippen LogP contribution in [0.15, 0.2) is 48.8 Å². The molecule has 3 N–H and O–H groups in total. The number of pyridine rings is 1. The highest BCUT2D eigenvalue weighted by Crippen LogP contribution is 2.28. The molecule has 1 saturated heterocycles. The summed E-state index contributed by atoms with van der Waals surface area (Å²) in [5, 5.41) is 3.53. The minimum absolute atomic E-state index is 0.0170. The number of benzene rings is 1. The van der Waals surface area contributed by atoms with Crippen LogP contribution in [0, 0.1) is 0 Å². The second kappa shape index (κ2) is 6.22.